The van der Waals surface area contributed by atoms with Crippen LogP contribution in [0.5, 0.6) is 0 Å². The number of fused-ring (bicyclic) bond motifs is 6. The Morgan fingerprint density at radius 2 is 0.875 bits per heavy atom. The first-order valence-corrected chi connectivity index (χ1v) is 18.8. The third-order valence-electron chi connectivity index (χ3n) is 10.7. The number of hydrogen-bond donors (Lipinski definition) is 0. The molecule has 0 radical (unpaired) electrons. The Balaban J connectivity index is 1.20. The van der Waals surface area contributed by atoms with Gasteiger partial charge in [-0.05, 0) is 53.1 Å². The van der Waals surface area contributed by atoms with Gasteiger partial charge in [0, 0.05) is 43.8 Å². The van der Waals surface area contributed by atoms with Crippen LogP contribution in [0.4, 0.5) is 0 Å². The molecule has 3 aromatic heterocycles. The number of nitrogens with zero attached hydrogens (tertiary/aromatic N) is 4. The molecule has 262 valence electrons. The molecule has 0 spiro atoms. The van der Waals surface area contributed by atoms with Gasteiger partial charge >= 0.3 is 0 Å². The summed E-state index contributed by atoms with van der Waals surface area (Å²) < 4.78 is 9.53. The van der Waals surface area contributed by atoms with Gasteiger partial charge in [0.2, 0.25) is 0 Å². The molecular weight excluding hydrogens is 685 g/mol. The van der Waals surface area contributed by atoms with Crippen molar-refractivity contribution in [3.05, 3.63) is 194 Å². The van der Waals surface area contributed by atoms with Crippen LogP contribution in [-0.2, 0) is 0 Å². The van der Waals surface area contributed by atoms with E-state index in [1.165, 1.54) is 21.9 Å². The highest BCUT2D eigenvalue weighted by molar-refractivity contribution is 6.18. The zero-order chi connectivity index (χ0) is 37.0. The van der Waals surface area contributed by atoms with Crippen molar-refractivity contribution in [1.82, 2.24) is 19.5 Å². The van der Waals surface area contributed by atoms with Gasteiger partial charge in [0.15, 0.2) is 23.1 Å². The molecular formula is C51H32N4O. The van der Waals surface area contributed by atoms with E-state index in [9.17, 15) is 0 Å². The number of para-hydroxylation sites is 2. The molecule has 0 aliphatic carbocycles. The van der Waals surface area contributed by atoms with E-state index in [0.29, 0.717) is 17.5 Å². The Morgan fingerprint density at radius 1 is 0.339 bits per heavy atom. The Morgan fingerprint density at radius 3 is 1.55 bits per heavy atom. The van der Waals surface area contributed by atoms with Gasteiger partial charge in [0.05, 0.1) is 16.7 Å². The second kappa shape index (κ2) is 13.0. The monoisotopic (exact) mass is 716 g/mol. The molecule has 0 fully saturated rings. The molecule has 0 bridgehead atoms. The van der Waals surface area contributed by atoms with Crippen molar-refractivity contribution >= 4 is 43.7 Å². The lowest BCUT2D eigenvalue weighted by atomic mass is 9.98. The third-order valence-corrected chi connectivity index (χ3v) is 10.7. The predicted octanol–water partition coefficient (Wildman–Crippen LogP) is 13.2. The van der Waals surface area contributed by atoms with Gasteiger partial charge in [0.1, 0.15) is 5.58 Å². The largest absolute Gasteiger partial charge is 0.453 e. The van der Waals surface area contributed by atoms with Crippen LogP contribution < -0.4 is 0 Å². The van der Waals surface area contributed by atoms with E-state index >= 15 is 0 Å². The molecule has 0 N–H and O–H groups in total. The summed E-state index contributed by atoms with van der Waals surface area (Å²) in [5.41, 5.74) is 11.9. The van der Waals surface area contributed by atoms with E-state index in [1.807, 2.05) is 66.7 Å². The molecule has 0 aliphatic rings. The Hall–Kier alpha value is -7.63. The fourth-order valence-electron chi connectivity index (χ4n) is 8.07. The first kappa shape index (κ1) is 31.9. The standard InChI is InChI=1S/C51H32N4O/c1-5-16-33(17-6-1)37-28-31-44-42(32-37)39-24-13-14-26-43(39)55(44)45-27-15-25-40-46-41(30-29-38(48(46)56-47(40)45)34-18-7-2-8-19-34)51-53-49(35-20-9-3-10-21-35)52-50(54-51)36-22-11-4-12-23-36/h1-32H. The number of hydrogen-bond acceptors (Lipinski definition) is 4. The van der Waals surface area contributed by atoms with Crippen LogP contribution in [0, 0.1) is 0 Å². The van der Waals surface area contributed by atoms with E-state index in [2.05, 4.69) is 132 Å². The van der Waals surface area contributed by atoms with E-state index in [0.717, 1.165) is 66.5 Å². The molecule has 3 heterocycles. The predicted molar refractivity (Wildman–Crippen MR) is 229 cm³/mol. The topological polar surface area (TPSA) is 56.7 Å². The highest BCUT2D eigenvalue weighted by Gasteiger charge is 2.24. The molecule has 0 saturated carbocycles. The first-order chi connectivity index (χ1) is 27.8. The average molecular weight is 717 g/mol. The summed E-state index contributed by atoms with van der Waals surface area (Å²) in [6, 6.07) is 67.3. The number of furan rings is 1. The molecule has 0 unspecified atom stereocenters. The first-order valence-electron chi connectivity index (χ1n) is 18.8. The molecule has 11 aromatic rings. The maximum absolute atomic E-state index is 7.18. The van der Waals surface area contributed by atoms with Crippen LogP contribution in [0.25, 0.3) is 106 Å². The highest BCUT2D eigenvalue weighted by atomic mass is 16.3. The number of benzene rings is 8. The zero-order valence-electron chi connectivity index (χ0n) is 30.2. The average Bonchev–Trinajstić information content (AvgIpc) is 3.83. The lowest BCUT2D eigenvalue weighted by Crippen LogP contribution is -2.00. The minimum Gasteiger partial charge on any atom is -0.453 e. The van der Waals surface area contributed by atoms with Crippen LogP contribution >= 0.6 is 0 Å². The minimum atomic E-state index is 0.584. The Kier molecular flexibility index (Phi) is 7.42. The Labute approximate surface area is 322 Å². The van der Waals surface area contributed by atoms with Gasteiger partial charge in [-0.1, -0.05) is 158 Å². The molecule has 0 saturated heterocycles. The summed E-state index contributed by atoms with van der Waals surface area (Å²) in [5, 5.41) is 4.32. The van der Waals surface area contributed by atoms with E-state index < -0.39 is 0 Å². The van der Waals surface area contributed by atoms with Gasteiger partial charge in [0.25, 0.3) is 0 Å². The second-order valence-electron chi connectivity index (χ2n) is 14.0. The van der Waals surface area contributed by atoms with Gasteiger partial charge in [-0.2, -0.15) is 0 Å². The molecule has 0 aliphatic heterocycles. The van der Waals surface area contributed by atoms with Gasteiger partial charge in [-0.15, -0.1) is 0 Å². The van der Waals surface area contributed by atoms with E-state index in [1.54, 1.807) is 0 Å². The zero-order valence-corrected chi connectivity index (χ0v) is 30.2. The van der Waals surface area contributed by atoms with Crippen LogP contribution in [-0.4, -0.2) is 19.5 Å². The summed E-state index contributed by atoms with van der Waals surface area (Å²) >= 11 is 0. The fourth-order valence-corrected chi connectivity index (χ4v) is 8.07. The van der Waals surface area contributed by atoms with Gasteiger partial charge in [-0.25, -0.2) is 15.0 Å². The smallest absolute Gasteiger partial charge is 0.164 e. The molecule has 8 aromatic carbocycles. The number of rotatable bonds is 6. The van der Waals surface area contributed by atoms with Crippen molar-refractivity contribution < 1.29 is 4.42 Å². The summed E-state index contributed by atoms with van der Waals surface area (Å²) in [4.78, 5) is 15.3. The molecule has 5 heteroatoms. The molecule has 0 atom stereocenters. The second-order valence-corrected chi connectivity index (χ2v) is 14.0. The van der Waals surface area contributed by atoms with Crippen molar-refractivity contribution in [3.63, 3.8) is 0 Å². The summed E-state index contributed by atoms with van der Waals surface area (Å²) in [6.07, 6.45) is 0. The van der Waals surface area contributed by atoms with Gasteiger partial charge < -0.3 is 8.98 Å². The fraction of sp³-hybridized carbons (Fsp3) is 0. The maximum Gasteiger partial charge on any atom is 0.164 e. The van der Waals surface area contributed by atoms with Gasteiger partial charge in [-0.3, -0.25) is 0 Å². The summed E-state index contributed by atoms with van der Waals surface area (Å²) in [5.74, 6) is 1.81. The molecule has 0 amide bonds. The molecule has 56 heavy (non-hydrogen) atoms. The summed E-state index contributed by atoms with van der Waals surface area (Å²) in [6.45, 7) is 0. The van der Waals surface area contributed by atoms with Crippen molar-refractivity contribution in [2.75, 3.05) is 0 Å². The lowest BCUT2D eigenvalue weighted by molar-refractivity contribution is 0.667. The van der Waals surface area contributed by atoms with Crippen LogP contribution in [0.3, 0.4) is 0 Å². The van der Waals surface area contributed by atoms with Crippen molar-refractivity contribution in [1.29, 1.82) is 0 Å². The van der Waals surface area contributed by atoms with Crippen LogP contribution in [0.2, 0.25) is 0 Å². The Bertz CT molecular complexity index is 3170. The normalized spacial score (nSPS) is 11.6. The minimum absolute atomic E-state index is 0.584. The van der Waals surface area contributed by atoms with Crippen molar-refractivity contribution in [2.24, 2.45) is 0 Å². The quantitative estimate of drug-likeness (QED) is 0.172. The third kappa shape index (κ3) is 5.21. The number of aromatic nitrogens is 4. The molecule has 11 rings (SSSR count). The van der Waals surface area contributed by atoms with Crippen LogP contribution in [0.15, 0.2) is 199 Å². The SMILES string of the molecule is c1ccc(-c2ccc3c(c2)c2ccccc2n3-c2cccc3c2oc2c(-c4ccccc4)ccc(-c4nc(-c5ccccc5)nc(-c5ccccc5)n4)c23)cc1. The lowest BCUT2D eigenvalue weighted by Gasteiger charge is -2.11. The highest BCUT2D eigenvalue weighted by Crippen LogP contribution is 2.44. The van der Waals surface area contributed by atoms with Crippen molar-refractivity contribution in [3.8, 4) is 62.1 Å². The maximum atomic E-state index is 7.18. The summed E-state index contributed by atoms with van der Waals surface area (Å²) in [7, 11) is 0. The van der Waals surface area contributed by atoms with E-state index in [4.69, 9.17) is 19.4 Å². The van der Waals surface area contributed by atoms with E-state index in [-0.39, 0.29) is 0 Å². The van der Waals surface area contributed by atoms with Crippen molar-refractivity contribution in [2.45, 2.75) is 0 Å². The van der Waals surface area contributed by atoms with Crippen LogP contribution in [0.1, 0.15) is 0 Å². The molecule has 5 nitrogen and oxygen atoms in total.